The Bertz CT molecular complexity index is 367. The van der Waals surface area contributed by atoms with E-state index in [0.29, 0.717) is 5.75 Å². The molecule has 0 atom stereocenters. The van der Waals surface area contributed by atoms with Crippen molar-refractivity contribution >= 4 is 0 Å². The maximum Gasteiger partial charge on any atom is 0.165 e. The Balaban J connectivity index is 0.000000531. The molecule has 0 aliphatic rings. The third-order valence-electron chi connectivity index (χ3n) is 1.75. The Morgan fingerprint density at radius 1 is 1.27 bits per heavy atom. The third kappa shape index (κ3) is 2.82. The number of hydrogen-bond donors (Lipinski definition) is 2. The van der Waals surface area contributed by atoms with E-state index in [1.54, 1.807) is 12.3 Å². The van der Waals surface area contributed by atoms with Gasteiger partial charge in [0.2, 0.25) is 0 Å². The third-order valence-corrected chi connectivity index (χ3v) is 1.75. The normalized spacial score (nSPS) is 9.00. The highest BCUT2D eigenvalue weighted by molar-refractivity contribution is 5.54. The van der Waals surface area contributed by atoms with Gasteiger partial charge < -0.3 is 9.82 Å². The number of nitrogens with one attached hydrogen (secondary N) is 1. The summed E-state index contributed by atoms with van der Waals surface area (Å²) in [7, 11) is 0. The fourth-order valence-electron chi connectivity index (χ4n) is 1.10. The topological polar surface area (TPSA) is 63.9 Å². The minimum absolute atomic E-state index is 0.551. The molecular formula is C11H15N3O. The van der Waals surface area contributed by atoms with Crippen molar-refractivity contribution in [3.8, 4) is 17.1 Å². The van der Waals surface area contributed by atoms with Crippen LogP contribution in [0.4, 0.5) is 0 Å². The molecule has 0 aliphatic heterocycles. The second kappa shape index (κ2) is 5.82. The van der Waals surface area contributed by atoms with Crippen molar-refractivity contribution in [3.63, 3.8) is 0 Å². The van der Waals surface area contributed by atoms with Gasteiger partial charge in [0, 0.05) is 6.20 Å². The second-order valence-corrected chi connectivity index (χ2v) is 2.58. The molecule has 0 saturated heterocycles. The fourth-order valence-corrected chi connectivity index (χ4v) is 1.10. The van der Waals surface area contributed by atoms with Gasteiger partial charge >= 0.3 is 0 Å². The van der Waals surface area contributed by atoms with Gasteiger partial charge in [-0.1, -0.05) is 13.8 Å². The molecule has 4 heteroatoms. The van der Waals surface area contributed by atoms with Crippen molar-refractivity contribution in [1.82, 2.24) is 9.97 Å². The van der Waals surface area contributed by atoms with Crippen LogP contribution in [-0.4, -0.2) is 9.97 Å². The van der Waals surface area contributed by atoms with Crippen LogP contribution in [0.3, 0.4) is 0 Å². The van der Waals surface area contributed by atoms with Gasteiger partial charge in [0.25, 0.3) is 0 Å². The molecule has 2 heterocycles. The maximum absolute atomic E-state index is 4.97. The smallest absolute Gasteiger partial charge is 0.165 e. The van der Waals surface area contributed by atoms with Gasteiger partial charge in [-0.2, -0.15) is 5.90 Å². The molecule has 15 heavy (non-hydrogen) atoms. The lowest BCUT2D eigenvalue weighted by Crippen LogP contribution is -2.01. The lowest BCUT2D eigenvalue weighted by Gasteiger charge is -1.99. The monoisotopic (exact) mass is 205 g/mol. The summed E-state index contributed by atoms with van der Waals surface area (Å²) in [6, 6.07) is 7.48. The zero-order valence-corrected chi connectivity index (χ0v) is 8.90. The molecular weight excluding hydrogens is 190 g/mol. The van der Waals surface area contributed by atoms with Crippen LogP contribution in [0.5, 0.6) is 5.75 Å². The Morgan fingerprint density at radius 3 is 2.53 bits per heavy atom. The highest BCUT2D eigenvalue weighted by Crippen LogP contribution is 2.16. The lowest BCUT2D eigenvalue weighted by atomic mass is 10.3. The first-order valence-corrected chi connectivity index (χ1v) is 4.87. The number of rotatable bonds is 2. The molecule has 0 spiro atoms. The van der Waals surface area contributed by atoms with Crippen molar-refractivity contribution in [2.75, 3.05) is 0 Å². The number of H-pyrrole nitrogens is 1. The molecule has 0 saturated carbocycles. The van der Waals surface area contributed by atoms with E-state index < -0.39 is 0 Å². The summed E-state index contributed by atoms with van der Waals surface area (Å²) in [5.41, 5.74) is 1.84. The SMILES string of the molecule is CC.NOc1ccc(-c2ccc[nH]2)nc1. The first kappa shape index (κ1) is 11.3. The van der Waals surface area contributed by atoms with Crippen LogP contribution >= 0.6 is 0 Å². The second-order valence-electron chi connectivity index (χ2n) is 2.58. The van der Waals surface area contributed by atoms with Crippen LogP contribution in [0.25, 0.3) is 11.4 Å². The minimum atomic E-state index is 0.551. The van der Waals surface area contributed by atoms with E-state index in [4.69, 9.17) is 5.90 Å². The standard InChI is InChI=1S/C9H9N3O.C2H6/c10-13-7-3-4-9(12-6-7)8-2-1-5-11-8;1-2/h1-6,11H,10H2;1-2H3. The predicted octanol–water partition coefficient (Wildman–Crippen LogP) is 2.36. The number of aromatic amines is 1. The van der Waals surface area contributed by atoms with Crippen LogP contribution in [-0.2, 0) is 0 Å². The van der Waals surface area contributed by atoms with Gasteiger partial charge in [0.1, 0.15) is 0 Å². The number of pyridine rings is 1. The molecule has 0 radical (unpaired) electrons. The summed E-state index contributed by atoms with van der Waals surface area (Å²) in [6.45, 7) is 4.00. The summed E-state index contributed by atoms with van der Waals surface area (Å²) >= 11 is 0. The number of aromatic nitrogens is 2. The van der Waals surface area contributed by atoms with Crippen molar-refractivity contribution in [2.45, 2.75) is 13.8 Å². The molecule has 4 nitrogen and oxygen atoms in total. The highest BCUT2D eigenvalue weighted by Gasteiger charge is 1.98. The van der Waals surface area contributed by atoms with Gasteiger partial charge in [-0.05, 0) is 24.3 Å². The molecule has 0 fully saturated rings. The van der Waals surface area contributed by atoms with Gasteiger partial charge in [-0.25, -0.2) is 0 Å². The summed E-state index contributed by atoms with van der Waals surface area (Å²) in [6.07, 6.45) is 3.43. The molecule has 3 N–H and O–H groups in total. The van der Waals surface area contributed by atoms with Gasteiger partial charge in [0.05, 0.1) is 17.6 Å². The molecule has 0 bridgehead atoms. The van der Waals surface area contributed by atoms with Gasteiger partial charge in [0.15, 0.2) is 5.75 Å². The predicted molar refractivity (Wildman–Crippen MR) is 60.2 cm³/mol. The Morgan fingerprint density at radius 2 is 2.07 bits per heavy atom. The quantitative estimate of drug-likeness (QED) is 0.740. The Labute approximate surface area is 89.1 Å². The van der Waals surface area contributed by atoms with Crippen LogP contribution in [0.1, 0.15) is 13.8 Å². The molecule has 2 aromatic heterocycles. The fraction of sp³-hybridized carbons (Fsp3) is 0.182. The molecule has 0 unspecified atom stereocenters. The molecule has 0 aromatic carbocycles. The molecule has 0 aliphatic carbocycles. The lowest BCUT2D eigenvalue weighted by molar-refractivity contribution is 0.333. The van der Waals surface area contributed by atoms with E-state index in [-0.39, 0.29) is 0 Å². The first-order chi connectivity index (χ1) is 7.40. The van der Waals surface area contributed by atoms with E-state index >= 15 is 0 Å². The van der Waals surface area contributed by atoms with Crippen molar-refractivity contribution in [2.24, 2.45) is 5.90 Å². The minimum Gasteiger partial charge on any atom is -0.410 e. The maximum atomic E-state index is 4.97. The van der Waals surface area contributed by atoms with E-state index in [0.717, 1.165) is 11.4 Å². The van der Waals surface area contributed by atoms with Crippen LogP contribution in [0.2, 0.25) is 0 Å². The average Bonchev–Trinajstić information content (AvgIpc) is 2.85. The van der Waals surface area contributed by atoms with Gasteiger partial charge in [-0.3, -0.25) is 4.98 Å². The average molecular weight is 205 g/mol. The van der Waals surface area contributed by atoms with Crippen LogP contribution in [0, 0.1) is 0 Å². The largest absolute Gasteiger partial charge is 0.410 e. The Kier molecular flexibility index (Phi) is 4.37. The summed E-state index contributed by atoms with van der Waals surface area (Å²) in [4.78, 5) is 11.7. The van der Waals surface area contributed by atoms with Crippen molar-refractivity contribution in [1.29, 1.82) is 0 Å². The van der Waals surface area contributed by atoms with E-state index in [2.05, 4.69) is 14.8 Å². The Hall–Kier alpha value is -1.81. The highest BCUT2D eigenvalue weighted by atomic mass is 16.6. The number of hydrogen-bond acceptors (Lipinski definition) is 3. The van der Waals surface area contributed by atoms with E-state index in [1.807, 2.05) is 38.2 Å². The van der Waals surface area contributed by atoms with Crippen molar-refractivity contribution < 1.29 is 4.84 Å². The zero-order valence-electron chi connectivity index (χ0n) is 8.90. The molecule has 80 valence electrons. The van der Waals surface area contributed by atoms with Crippen molar-refractivity contribution in [3.05, 3.63) is 36.7 Å². The van der Waals surface area contributed by atoms with E-state index in [1.165, 1.54) is 0 Å². The van der Waals surface area contributed by atoms with Crippen LogP contribution < -0.4 is 10.7 Å². The summed E-state index contributed by atoms with van der Waals surface area (Å²) < 4.78 is 0. The number of nitrogens with two attached hydrogens (primary N) is 1. The molecule has 2 aromatic rings. The molecule has 2 rings (SSSR count). The zero-order chi connectivity index (χ0) is 11.1. The summed E-state index contributed by atoms with van der Waals surface area (Å²) in [5, 5.41) is 0. The van der Waals surface area contributed by atoms with Crippen LogP contribution in [0.15, 0.2) is 36.7 Å². The van der Waals surface area contributed by atoms with Gasteiger partial charge in [-0.15, -0.1) is 0 Å². The first-order valence-electron chi connectivity index (χ1n) is 4.87. The molecule has 0 amide bonds. The van der Waals surface area contributed by atoms with E-state index in [9.17, 15) is 0 Å². The summed E-state index contributed by atoms with van der Waals surface area (Å²) in [5.74, 6) is 5.52. The number of nitrogens with zero attached hydrogens (tertiary/aromatic N) is 1.